The molecule has 0 saturated carbocycles. The highest BCUT2D eigenvalue weighted by Crippen LogP contribution is 2.18. The molecule has 0 amide bonds. The van der Waals surface area contributed by atoms with Crippen molar-refractivity contribution >= 4 is 23.3 Å². The van der Waals surface area contributed by atoms with E-state index in [0.717, 1.165) is 0 Å². The van der Waals surface area contributed by atoms with E-state index < -0.39 is 0 Å². The molecule has 2 N–H and O–H groups in total. The molecular formula is C11H7N3O2S. The summed E-state index contributed by atoms with van der Waals surface area (Å²) in [5, 5.41) is 0.467. The van der Waals surface area contributed by atoms with E-state index >= 15 is 0 Å². The Labute approximate surface area is 100 Å². The summed E-state index contributed by atoms with van der Waals surface area (Å²) in [4.78, 5) is 21.2. The third kappa shape index (κ3) is 1.68. The minimum Gasteiger partial charge on any atom is -0.463 e. The van der Waals surface area contributed by atoms with Crippen molar-refractivity contribution in [2.75, 3.05) is 0 Å². The molecule has 0 aliphatic carbocycles. The number of aromatic amines is 2. The lowest BCUT2D eigenvalue weighted by Gasteiger charge is -1.99. The van der Waals surface area contributed by atoms with Crippen LogP contribution < -0.4 is 5.56 Å². The maximum absolute atomic E-state index is 11.6. The number of hydrogen-bond acceptors (Lipinski definition) is 4. The summed E-state index contributed by atoms with van der Waals surface area (Å²) in [6, 6.07) is 6.99. The Bertz CT molecular complexity index is 786. The van der Waals surface area contributed by atoms with E-state index in [0.29, 0.717) is 22.5 Å². The number of rotatable bonds is 1. The third-order valence-corrected chi connectivity index (χ3v) is 2.58. The Morgan fingerprint density at radius 1 is 1.24 bits per heavy atom. The molecule has 0 bridgehead atoms. The molecule has 84 valence electrons. The fourth-order valence-corrected chi connectivity index (χ4v) is 1.80. The Hall–Kier alpha value is -2.21. The first-order chi connectivity index (χ1) is 8.24. The van der Waals surface area contributed by atoms with Crippen LogP contribution in [0.15, 0.2) is 39.7 Å². The lowest BCUT2D eigenvalue weighted by atomic mass is 10.2. The summed E-state index contributed by atoms with van der Waals surface area (Å²) in [7, 11) is 0. The predicted octanol–water partition coefficient (Wildman–Crippen LogP) is 2.24. The summed E-state index contributed by atoms with van der Waals surface area (Å²) in [6.45, 7) is 0. The highest BCUT2D eigenvalue weighted by molar-refractivity contribution is 7.71. The van der Waals surface area contributed by atoms with E-state index in [4.69, 9.17) is 16.6 Å². The molecule has 5 nitrogen and oxygen atoms in total. The molecule has 0 saturated heterocycles. The topological polar surface area (TPSA) is 74.7 Å². The van der Waals surface area contributed by atoms with E-state index in [1.165, 1.54) is 0 Å². The standard InChI is InChI=1S/C11H7N3O2S/c15-10-6-3-4-7(8-2-1-5-16-8)12-9(6)13-11(17)14-10/h1-5H,(H2,12,13,14,15,17). The molecule has 17 heavy (non-hydrogen) atoms. The normalized spacial score (nSPS) is 10.8. The van der Waals surface area contributed by atoms with Crippen molar-refractivity contribution in [2.45, 2.75) is 0 Å². The second-order valence-corrected chi connectivity index (χ2v) is 3.89. The number of furan rings is 1. The minimum atomic E-state index is -0.248. The molecule has 0 aliphatic rings. The monoisotopic (exact) mass is 245 g/mol. The van der Waals surface area contributed by atoms with Gasteiger partial charge in [-0.1, -0.05) is 0 Å². The van der Waals surface area contributed by atoms with Crippen LogP contribution in [0.1, 0.15) is 0 Å². The molecule has 3 heterocycles. The average Bonchev–Trinajstić information content (AvgIpc) is 2.81. The fraction of sp³-hybridized carbons (Fsp3) is 0. The van der Waals surface area contributed by atoms with Gasteiger partial charge in [0.15, 0.2) is 10.5 Å². The van der Waals surface area contributed by atoms with Crippen LogP contribution in [0.2, 0.25) is 0 Å². The zero-order valence-electron chi connectivity index (χ0n) is 8.56. The predicted molar refractivity (Wildman–Crippen MR) is 65.3 cm³/mol. The smallest absolute Gasteiger partial charge is 0.261 e. The van der Waals surface area contributed by atoms with Crippen molar-refractivity contribution in [2.24, 2.45) is 0 Å². The Balaban J connectivity index is 2.33. The van der Waals surface area contributed by atoms with Gasteiger partial charge in [0.25, 0.3) is 5.56 Å². The van der Waals surface area contributed by atoms with Gasteiger partial charge in [0.1, 0.15) is 11.3 Å². The number of aromatic nitrogens is 3. The van der Waals surface area contributed by atoms with Crippen molar-refractivity contribution in [3.63, 3.8) is 0 Å². The summed E-state index contributed by atoms with van der Waals surface area (Å²) in [5.41, 5.74) is 0.855. The van der Waals surface area contributed by atoms with Crippen molar-refractivity contribution in [3.05, 3.63) is 45.7 Å². The first kappa shape index (κ1) is 9.98. The van der Waals surface area contributed by atoms with Gasteiger partial charge in [-0.2, -0.15) is 0 Å². The molecule has 3 aromatic heterocycles. The van der Waals surface area contributed by atoms with Crippen LogP contribution in [0.25, 0.3) is 22.5 Å². The van der Waals surface area contributed by atoms with Gasteiger partial charge in [-0.3, -0.25) is 9.78 Å². The quantitative estimate of drug-likeness (QED) is 0.645. The number of pyridine rings is 1. The lowest BCUT2D eigenvalue weighted by molar-refractivity contribution is 0.580. The first-order valence-corrected chi connectivity index (χ1v) is 5.32. The number of fused-ring (bicyclic) bond motifs is 1. The van der Waals surface area contributed by atoms with E-state index in [2.05, 4.69) is 15.0 Å². The van der Waals surface area contributed by atoms with Gasteiger partial charge in [0.05, 0.1) is 11.6 Å². The van der Waals surface area contributed by atoms with Gasteiger partial charge >= 0.3 is 0 Å². The second kappa shape index (κ2) is 3.67. The molecular weight excluding hydrogens is 238 g/mol. The lowest BCUT2D eigenvalue weighted by Crippen LogP contribution is -2.08. The highest BCUT2D eigenvalue weighted by Gasteiger charge is 2.06. The Kier molecular flexibility index (Phi) is 2.15. The van der Waals surface area contributed by atoms with Crippen LogP contribution in [-0.2, 0) is 0 Å². The van der Waals surface area contributed by atoms with Crippen LogP contribution in [-0.4, -0.2) is 15.0 Å². The minimum absolute atomic E-state index is 0.248. The van der Waals surface area contributed by atoms with Gasteiger partial charge in [0.2, 0.25) is 0 Å². The van der Waals surface area contributed by atoms with Crippen LogP contribution in [0.4, 0.5) is 0 Å². The molecule has 0 aliphatic heterocycles. The molecule has 0 fully saturated rings. The van der Waals surface area contributed by atoms with Crippen LogP contribution in [0, 0.1) is 4.77 Å². The number of nitrogens with one attached hydrogen (secondary N) is 2. The maximum atomic E-state index is 11.6. The zero-order chi connectivity index (χ0) is 11.8. The van der Waals surface area contributed by atoms with Crippen molar-refractivity contribution in [1.29, 1.82) is 0 Å². The van der Waals surface area contributed by atoms with Crippen molar-refractivity contribution < 1.29 is 4.42 Å². The maximum Gasteiger partial charge on any atom is 0.261 e. The van der Waals surface area contributed by atoms with Crippen molar-refractivity contribution in [1.82, 2.24) is 15.0 Å². The van der Waals surface area contributed by atoms with Crippen LogP contribution in [0.3, 0.4) is 0 Å². The summed E-state index contributed by atoms with van der Waals surface area (Å²) < 4.78 is 5.50. The molecule has 0 atom stereocenters. The molecule has 3 aromatic rings. The van der Waals surface area contributed by atoms with Gasteiger partial charge in [0, 0.05) is 0 Å². The molecule has 0 radical (unpaired) electrons. The van der Waals surface area contributed by atoms with Crippen molar-refractivity contribution in [3.8, 4) is 11.5 Å². The first-order valence-electron chi connectivity index (χ1n) is 4.91. The number of hydrogen-bond donors (Lipinski definition) is 2. The highest BCUT2D eigenvalue weighted by atomic mass is 32.1. The summed E-state index contributed by atoms with van der Waals surface area (Å²) in [5.74, 6) is 0.645. The zero-order valence-corrected chi connectivity index (χ0v) is 9.38. The van der Waals surface area contributed by atoms with Gasteiger partial charge in [-0.25, -0.2) is 4.98 Å². The Morgan fingerprint density at radius 3 is 2.88 bits per heavy atom. The third-order valence-electron chi connectivity index (χ3n) is 2.37. The van der Waals surface area contributed by atoms with Crippen LogP contribution in [0.5, 0.6) is 0 Å². The SMILES string of the molecule is O=c1[nH]c(=S)[nH]c2nc(-c3ccco3)ccc12. The molecule has 3 rings (SSSR count). The summed E-state index contributed by atoms with van der Waals surface area (Å²) in [6.07, 6.45) is 1.57. The van der Waals surface area contributed by atoms with E-state index in [1.807, 2.05) is 0 Å². The Morgan fingerprint density at radius 2 is 2.12 bits per heavy atom. The molecule has 0 aromatic carbocycles. The fourth-order valence-electron chi connectivity index (χ4n) is 1.61. The largest absolute Gasteiger partial charge is 0.463 e. The van der Waals surface area contributed by atoms with E-state index in [-0.39, 0.29) is 10.3 Å². The van der Waals surface area contributed by atoms with Crippen LogP contribution >= 0.6 is 12.2 Å². The van der Waals surface area contributed by atoms with E-state index in [1.54, 1.807) is 30.5 Å². The summed E-state index contributed by atoms with van der Waals surface area (Å²) >= 11 is 4.90. The van der Waals surface area contributed by atoms with E-state index in [9.17, 15) is 4.79 Å². The van der Waals surface area contributed by atoms with Gasteiger partial charge in [-0.05, 0) is 36.5 Å². The van der Waals surface area contributed by atoms with Gasteiger partial charge < -0.3 is 9.40 Å². The average molecular weight is 245 g/mol. The second-order valence-electron chi connectivity index (χ2n) is 3.48. The molecule has 0 unspecified atom stereocenters. The molecule has 6 heteroatoms. The molecule has 0 spiro atoms. The number of H-pyrrole nitrogens is 2. The van der Waals surface area contributed by atoms with Gasteiger partial charge in [-0.15, -0.1) is 0 Å². The number of nitrogens with zero attached hydrogens (tertiary/aromatic N) is 1.